The molecular weight excluding hydrogens is 466 g/mol. The van der Waals surface area contributed by atoms with E-state index in [2.05, 4.69) is 19.1 Å². The van der Waals surface area contributed by atoms with Crippen molar-refractivity contribution >= 4 is 6.29 Å². The molecule has 0 fully saturated rings. The molecule has 4 aromatic rings. The van der Waals surface area contributed by atoms with Crippen LogP contribution in [0.2, 0.25) is 0 Å². The third-order valence-corrected chi connectivity index (χ3v) is 6.26. The van der Waals surface area contributed by atoms with Gasteiger partial charge in [0.05, 0.1) is 17.2 Å². The van der Waals surface area contributed by atoms with Crippen LogP contribution in [0.5, 0.6) is 23.0 Å². The lowest BCUT2D eigenvalue weighted by Gasteiger charge is -2.20. The number of hydrogen-bond donors (Lipinski definition) is 0. The summed E-state index contributed by atoms with van der Waals surface area (Å²) in [6.07, 6.45) is 0.756. The largest absolute Gasteiger partial charge is 0.489 e. The van der Waals surface area contributed by atoms with Crippen molar-refractivity contribution in [2.24, 2.45) is 0 Å². The smallest absolute Gasteiger partial charge is 0.161 e. The fourth-order valence-electron chi connectivity index (χ4n) is 4.24. The number of fused-ring (bicyclic) bond motifs is 1. The van der Waals surface area contributed by atoms with Gasteiger partial charge in [-0.2, -0.15) is 5.26 Å². The van der Waals surface area contributed by atoms with Crippen molar-refractivity contribution in [3.05, 3.63) is 107 Å². The van der Waals surface area contributed by atoms with E-state index in [0.717, 1.165) is 45.6 Å². The molecule has 6 heteroatoms. The van der Waals surface area contributed by atoms with Gasteiger partial charge in [0.1, 0.15) is 37.9 Å². The zero-order chi connectivity index (χ0) is 25.6. The van der Waals surface area contributed by atoms with Crippen LogP contribution in [-0.2, 0) is 13.2 Å². The molecule has 184 valence electrons. The summed E-state index contributed by atoms with van der Waals surface area (Å²) in [4.78, 5) is 11.6. The number of carbonyl (C=O) groups is 1. The highest BCUT2D eigenvalue weighted by molar-refractivity contribution is 5.79. The van der Waals surface area contributed by atoms with E-state index in [1.54, 1.807) is 36.4 Å². The average molecular weight is 492 g/mol. The number of hydrogen-bond acceptors (Lipinski definition) is 6. The Morgan fingerprint density at radius 3 is 2.57 bits per heavy atom. The minimum Gasteiger partial charge on any atom is -0.489 e. The molecule has 0 atom stereocenters. The maximum absolute atomic E-state index is 11.6. The van der Waals surface area contributed by atoms with Crippen LogP contribution >= 0.6 is 0 Å². The minimum atomic E-state index is 0.233. The Morgan fingerprint density at radius 1 is 0.892 bits per heavy atom. The topological polar surface area (TPSA) is 77.8 Å². The molecule has 6 nitrogen and oxygen atoms in total. The molecule has 0 N–H and O–H groups in total. The Morgan fingerprint density at radius 2 is 1.73 bits per heavy atom. The van der Waals surface area contributed by atoms with Gasteiger partial charge in [0.25, 0.3) is 0 Å². The molecule has 1 aliphatic heterocycles. The average Bonchev–Trinajstić information content (AvgIpc) is 2.95. The Kier molecular flexibility index (Phi) is 7.05. The molecule has 0 unspecified atom stereocenters. The molecule has 0 radical (unpaired) electrons. The lowest BCUT2D eigenvalue weighted by atomic mass is 9.96. The van der Waals surface area contributed by atoms with Crippen LogP contribution in [0.4, 0.5) is 0 Å². The van der Waals surface area contributed by atoms with E-state index in [0.29, 0.717) is 42.4 Å². The summed E-state index contributed by atoms with van der Waals surface area (Å²) >= 11 is 0. The van der Waals surface area contributed by atoms with Gasteiger partial charge in [0, 0.05) is 6.07 Å². The predicted octanol–water partition coefficient (Wildman–Crippen LogP) is 6.28. The Hall–Kier alpha value is -4.76. The highest BCUT2D eigenvalue weighted by Gasteiger charge is 2.15. The normalized spacial score (nSPS) is 11.9. The number of rotatable bonds is 8. The summed E-state index contributed by atoms with van der Waals surface area (Å²) in [7, 11) is 0. The van der Waals surface area contributed by atoms with E-state index in [-0.39, 0.29) is 6.61 Å². The molecule has 0 saturated carbocycles. The fraction of sp³-hybridized carbons (Fsp3) is 0.161. The zero-order valence-corrected chi connectivity index (χ0v) is 20.4. The number of aldehydes is 1. The lowest BCUT2D eigenvalue weighted by molar-refractivity contribution is 0.111. The van der Waals surface area contributed by atoms with Crippen LogP contribution in [0.1, 0.15) is 32.6 Å². The highest BCUT2D eigenvalue weighted by Crippen LogP contribution is 2.36. The van der Waals surface area contributed by atoms with Gasteiger partial charge in [-0.25, -0.2) is 0 Å². The van der Waals surface area contributed by atoms with Crippen molar-refractivity contribution in [3.63, 3.8) is 0 Å². The van der Waals surface area contributed by atoms with Crippen molar-refractivity contribution in [2.75, 3.05) is 13.2 Å². The van der Waals surface area contributed by atoms with E-state index >= 15 is 0 Å². The number of carbonyl (C=O) groups excluding carboxylic acids is 1. The number of nitrogens with zero attached hydrogens (tertiary/aromatic N) is 1. The van der Waals surface area contributed by atoms with Gasteiger partial charge in [-0.3, -0.25) is 4.79 Å². The first-order chi connectivity index (χ1) is 18.1. The first-order valence-corrected chi connectivity index (χ1v) is 12.0. The lowest BCUT2D eigenvalue weighted by Crippen LogP contribution is -2.15. The van der Waals surface area contributed by atoms with Crippen molar-refractivity contribution in [3.8, 4) is 40.2 Å². The second-order valence-corrected chi connectivity index (χ2v) is 8.66. The molecule has 0 aromatic heterocycles. The SMILES string of the molecule is Cc1c(COc2ccc(C=O)c(OCc3cccc(C#N)c3)c2)cccc1-c1ccc2c(c1)OCCO2. The van der Waals surface area contributed by atoms with Crippen molar-refractivity contribution in [2.45, 2.75) is 20.1 Å². The van der Waals surface area contributed by atoms with Gasteiger partial charge < -0.3 is 18.9 Å². The second-order valence-electron chi connectivity index (χ2n) is 8.66. The summed E-state index contributed by atoms with van der Waals surface area (Å²) in [6.45, 7) is 3.77. The maximum Gasteiger partial charge on any atom is 0.161 e. The van der Waals surface area contributed by atoms with Crippen molar-refractivity contribution in [1.82, 2.24) is 0 Å². The van der Waals surface area contributed by atoms with Gasteiger partial charge >= 0.3 is 0 Å². The summed E-state index contributed by atoms with van der Waals surface area (Å²) in [5.41, 5.74) is 6.13. The van der Waals surface area contributed by atoms with Crippen molar-refractivity contribution in [1.29, 1.82) is 5.26 Å². The summed E-state index contributed by atoms with van der Waals surface area (Å²) in [5.74, 6) is 2.54. The van der Waals surface area contributed by atoms with Crippen LogP contribution in [0.3, 0.4) is 0 Å². The van der Waals surface area contributed by atoms with Gasteiger partial charge in [-0.1, -0.05) is 36.4 Å². The van der Waals surface area contributed by atoms with E-state index in [1.807, 2.05) is 36.4 Å². The Labute approximate surface area is 215 Å². The molecule has 0 saturated heterocycles. The quantitative estimate of drug-likeness (QED) is 0.270. The van der Waals surface area contributed by atoms with Crippen molar-refractivity contribution < 1.29 is 23.7 Å². The molecule has 0 amide bonds. The molecule has 1 heterocycles. The first kappa shape index (κ1) is 24.0. The zero-order valence-electron chi connectivity index (χ0n) is 20.4. The molecule has 1 aliphatic rings. The summed E-state index contributed by atoms with van der Waals surface area (Å²) in [6, 6.07) is 26.6. The molecule has 0 aliphatic carbocycles. The van der Waals surface area contributed by atoms with E-state index in [4.69, 9.17) is 24.2 Å². The third-order valence-electron chi connectivity index (χ3n) is 6.26. The predicted molar refractivity (Wildman–Crippen MR) is 139 cm³/mol. The van der Waals surface area contributed by atoms with Gasteiger partial charge in [0.2, 0.25) is 0 Å². The van der Waals surface area contributed by atoms with E-state index in [1.165, 1.54) is 0 Å². The number of benzene rings is 4. The first-order valence-electron chi connectivity index (χ1n) is 12.0. The maximum atomic E-state index is 11.6. The second kappa shape index (κ2) is 10.9. The molecular formula is C31H25NO5. The molecule has 0 spiro atoms. The van der Waals surface area contributed by atoms with Gasteiger partial charge in [-0.05, 0) is 71.1 Å². The molecule has 37 heavy (non-hydrogen) atoms. The Balaban J connectivity index is 1.31. The van der Waals surface area contributed by atoms with Crippen LogP contribution in [0, 0.1) is 18.3 Å². The van der Waals surface area contributed by atoms with E-state index < -0.39 is 0 Å². The van der Waals surface area contributed by atoms with E-state index in [9.17, 15) is 4.79 Å². The number of ether oxygens (including phenoxy) is 4. The van der Waals surface area contributed by atoms with Crippen LogP contribution in [-0.4, -0.2) is 19.5 Å². The molecule has 0 bridgehead atoms. The Bertz CT molecular complexity index is 1490. The van der Waals surface area contributed by atoms with Crippen LogP contribution in [0.25, 0.3) is 11.1 Å². The molecule has 5 rings (SSSR count). The monoisotopic (exact) mass is 491 g/mol. The third kappa shape index (κ3) is 5.41. The standard InChI is InChI=1S/C31H25NO5/c1-21-26(6-3-7-28(21)24-9-11-29-31(15-24)35-13-12-34-29)20-36-27-10-8-25(18-33)30(16-27)37-19-23-5-2-4-22(14-23)17-32/h2-11,14-16,18H,12-13,19-20H2,1H3. The number of nitriles is 1. The summed E-state index contributed by atoms with van der Waals surface area (Å²) in [5, 5.41) is 9.10. The molecule has 4 aromatic carbocycles. The summed E-state index contributed by atoms with van der Waals surface area (Å²) < 4.78 is 23.4. The van der Waals surface area contributed by atoms with Gasteiger partial charge in [0.15, 0.2) is 17.8 Å². The van der Waals surface area contributed by atoms with Crippen LogP contribution < -0.4 is 18.9 Å². The highest BCUT2D eigenvalue weighted by atomic mass is 16.6. The van der Waals surface area contributed by atoms with Gasteiger partial charge in [-0.15, -0.1) is 0 Å². The fourth-order valence-corrected chi connectivity index (χ4v) is 4.24. The van der Waals surface area contributed by atoms with Crippen LogP contribution in [0.15, 0.2) is 78.9 Å². The minimum absolute atomic E-state index is 0.233.